The molecule has 0 aliphatic carbocycles. The van der Waals surface area contributed by atoms with Crippen LogP contribution in [-0.4, -0.2) is 16.1 Å². The van der Waals surface area contributed by atoms with Gasteiger partial charge in [0.05, 0.1) is 31.3 Å². The molecule has 0 radical (unpaired) electrons. The van der Waals surface area contributed by atoms with Crippen molar-refractivity contribution in [1.82, 2.24) is 4.98 Å². The van der Waals surface area contributed by atoms with E-state index < -0.39 is 5.97 Å². The Morgan fingerprint density at radius 2 is 1.63 bits per heavy atom. The van der Waals surface area contributed by atoms with Gasteiger partial charge in [-0.1, -0.05) is 46.4 Å². The van der Waals surface area contributed by atoms with Crippen LogP contribution in [0.25, 0.3) is 11.3 Å². The summed E-state index contributed by atoms with van der Waals surface area (Å²) in [6, 6.07) is 4.31. The van der Waals surface area contributed by atoms with Crippen molar-refractivity contribution in [3.05, 3.63) is 50.0 Å². The highest BCUT2D eigenvalue weighted by Crippen LogP contribution is 2.35. The Morgan fingerprint density at radius 1 is 1.05 bits per heavy atom. The topological polar surface area (TPSA) is 50.2 Å². The summed E-state index contributed by atoms with van der Waals surface area (Å²) in [5, 5.41) is 10.0. The van der Waals surface area contributed by atoms with E-state index in [-0.39, 0.29) is 31.3 Å². The molecule has 0 spiro atoms. The minimum Gasteiger partial charge on any atom is -0.478 e. The van der Waals surface area contributed by atoms with Crippen molar-refractivity contribution in [2.45, 2.75) is 0 Å². The summed E-state index contributed by atoms with van der Waals surface area (Å²) in [5.74, 6) is -1.15. The zero-order chi connectivity index (χ0) is 14.2. The number of carbonyl (C=O) groups is 1. The zero-order valence-electron chi connectivity index (χ0n) is 9.12. The summed E-state index contributed by atoms with van der Waals surface area (Å²) in [6.45, 7) is 0. The number of aromatic carboxylic acids is 1. The second-order valence-electron chi connectivity index (χ2n) is 3.61. The van der Waals surface area contributed by atoms with Gasteiger partial charge in [0.1, 0.15) is 0 Å². The van der Waals surface area contributed by atoms with Crippen molar-refractivity contribution in [3.63, 3.8) is 0 Å². The number of benzene rings is 1. The molecular weight excluding hydrogens is 332 g/mol. The molecular formula is C12H5Cl4NO2. The molecule has 0 amide bonds. The van der Waals surface area contributed by atoms with Gasteiger partial charge >= 0.3 is 5.97 Å². The van der Waals surface area contributed by atoms with E-state index in [4.69, 9.17) is 51.5 Å². The van der Waals surface area contributed by atoms with Crippen molar-refractivity contribution in [2.75, 3.05) is 0 Å². The first-order valence-electron chi connectivity index (χ1n) is 4.94. The van der Waals surface area contributed by atoms with Gasteiger partial charge in [-0.3, -0.25) is 4.98 Å². The van der Waals surface area contributed by atoms with E-state index in [0.29, 0.717) is 5.56 Å². The van der Waals surface area contributed by atoms with Gasteiger partial charge in [0.25, 0.3) is 0 Å². The third kappa shape index (κ3) is 2.95. The number of aromatic nitrogens is 1. The molecule has 0 saturated heterocycles. The average Bonchev–Trinajstić information content (AvgIpc) is 2.35. The maximum atomic E-state index is 11.2. The molecule has 3 nitrogen and oxygen atoms in total. The molecule has 0 saturated carbocycles. The molecule has 0 unspecified atom stereocenters. The third-order valence-electron chi connectivity index (χ3n) is 2.34. The van der Waals surface area contributed by atoms with Crippen molar-refractivity contribution in [1.29, 1.82) is 0 Å². The molecule has 0 atom stereocenters. The van der Waals surface area contributed by atoms with E-state index in [1.54, 1.807) is 0 Å². The van der Waals surface area contributed by atoms with Crippen molar-refractivity contribution < 1.29 is 9.90 Å². The minimum absolute atomic E-state index is 0.0399. The second-order valence-corrected chi connectivity index (χ2v) is 5.24. The van der Waals surface area contributed by atoms with Crippen LogP contribution in [0.4, 0.5) is 0 Å². The maximum Gasteiger partial charge on any atom is 0.337 e. The van der Waals surface area contributed by atoms with E-state index in [0.717, 1.165) is 0 Å². The fraction of sp³-hybridized carbons (Fsp3) is 0. The van der Waals surface area contributed by atoms with Gasteiger partial charge < -0.3 is 5.11 Å². The van der Waals surface area contributed by atoms with Crippen LogP contribution in [0.5, 0.6) is 0 Å². The molecule has 0 fully saturated rings. The van der Waals surface area contributed by atoms with Crippen LogP contribution in [0.3, 0.4) is 0 Å². The van der Waals surface area contributed by atoms with Crippen molar-refractivity contribution >= 4 is 52.4 Å². The average molecular weight is 337 g/mol. The molecule has 2 rings (SSSR count). The summed E-state index contributed by atoms with van der Waals surface area (Å²) in [7, 11) is 0. The fourth-order valence-electron chi connectivity index (χ4n) is 1.52. The quantitative estimate of drug-likeness (QED) is 0.780. The molecule has 0 bridgehead atoms. The normalized spacial score (nSPS) is 10.5. The molecule has 19 heavy (non-hydrogen) atoms. The lowest BCUT2D eigenvalue weighted by atomic mass is 10.1. The minimum atomic E-state index is -1.15. The van der Waals surface area contributed by atoms with Crippen molar-refractivity contribution in [3.8, 4) is 11.3 Å². The predicted octanol–water partition coefficient (Wildman–Crippen LogP) is 5.06. The lowest BCUT2D eigenvalue weighted by molar-refractivity contribution is 0.0697. The number of pyridine rings is 1. The predicted molar refractivity (Wildman–Crippen MR) is 76.7 cm³/mol. The molecule has 0 aliphatic rings. The number of carboxylic acid groups (broad SMARTS) is 1. The smallest absolute Gasteiger partial charge is 0.337 e. The van der Waals surface area contributed by atoms with Gasteiger partial charge in [0.2, 0.25) is 0 Å². The Morgan fingerprint density at radius 3 is 2.16 bits per heavy atom. The van der Waals surface area contributed by atoms with Crippen LogP contribution in [0, 0.1) is 0 Å². The lowest BCUT2D eigenvalue weighted by Crippen LogP contribution is -2.01. The van der Waals surface area contributed by atoms with Crippen LogP contribution >= 0.6 is 46.4 Å². The molecule has 2 aromatic rings. The number of nitrogens with zero attached hydrogens (tertiary/aromatic N) is 1. The third-order valence-corrected chi connectivity index (χ3v) is 3.75. The van der Waals surface area contributed by atoms with E-state index >= 15 is 0 Å². The highest BCUT2D eigenvalue weighted by Gasteiger charge is 2.16. The molecule has 1 aromatic heterocycles. The maximum absolute atomic E-state index is 11.2. The molecule has 98 valence electrons. The summed E-state index contributed by atoms with van der Waals surface area (Å²) in [4.78, 5) is 15.2. The highest BCUT2D eigenvalue weighted by atomic mass is 35.5. The Bertz CT molecular complexity index is 650. The lowest BCUT2D eigenvalue weighted by Gasteiger charge is -2.08. The molecule has 1 N–H and O–H groups in total. The van der Waals surface area contributed by atoms with Crippen LogP contribution in [0.1, 0.15) is 10.4 Å². The van der Waals surface area contributed by atoms with Crippen LogP contribution in [0.2, 0.25) is 20.1 Å². The number of hydrogen-bond donors (Lipinski definition) is 1. The van der Waals surface area contributed by atoms with Gasteiger partial charge in [-0.2, -0.15) is 0 Å². The summed E-state index contributed by atoms with van der Waals surface area (Å²) in [6.07, 6.45) is 1.35. The number of halogens is 4. The van der Waals surface area contributed by atoms with Gasteiger partial charge in [-0.15, -0.1) is 0 Å². The highest BCUT2D eigenvalue weighted by molar-refractivity contribution is 6.48. The van der Waals surface area contributed by atoms with Crippen LogP contribution < -0.4 is 0 Å². The Hall–Kier alpha value is -1.000. The summed E-state index contributed by atoms with van der Waals surface area (Å²) >= 11 is 23.4. The molecule has 0 aliphatic heterocycles. The molecule has 1 heterocycles. The van der Waals surface area contributed by atoms with Crippen LogP contribution in [-0.2, 0) is 0 Å². The van der Waals surface area contributed by atoms with E-state index in [2.05, 4.69) is 4.98 Å². The first-order chi connectivity index (χ1) is 8.90. The van der Waals surface area contributed by atoms with Gasteiger partial charge in [0, 0.05) is 11.8 Å². The fourth-order valence-corrected chi connectivity index (χ4v) is 2.28. The van der Waals surface area contributed by atoms with Crippen LogP contribution in [0.15, 0.2) is 24.4 Å². The Kier molecular flexibility index (Phi) is 4.21. The monoisotopic (exact) mass is 335 g/mol. The van der Waals surface area contributed by atoms with Gasteiger partial charge in [-0.25, -0.2) is 4.79 Å². The second kappa shape index (κ2) is 5.55. The Balaban J connectivity index is 2.68. The molecule has 7 heteroatoms. The zero-order valence-corrected chi connectivity index (χ0v) is 12.1. The summed E-state index contributed by atoms with van der Waals surface area (Å²) < 4.78 is 0. The van der Waals surface area contributed by atoms with E-state index in [1.807, 2.05) is 0 Å². The first kappa shape index (κ1) is 14.4. The molecule has 1 aromatic carbocycles. The van der Waals surface area contributed by atoms with Crippen molar-refractivity contribution in [2.24, 2.45) is 0 Å². The number of rotatable bonds is 2. The SMILES string of the molecule is O=C(O)c1cc(Cl)cnc1-c1cc(Cl)c(Cl)c(Cl)c1. The largest absolute Gasteiger partial charge is 0.478 e. The summed E-state index contributed by atoms with van der Waals surface area (Å²) in [5.41, 5.74) is 0.632. The van der Waals surface area contributed by atoms with Gasteiger partial charge in [-0.05, 0) is 18.2 Å². The number of carboxylic acids is 1. The number of hydrogen-bond acceptors (Lipinski definition) is 2. The standard InChI is InChI=1S/C12H5Cl4NO2/c13-6-3-7(12(18)19)11(17-4-6)5-1-8(14)10(16)9(15)2-5/h1-4H,(H,18,19). The van der Waals surface area contributed by atoms with E-state index in [9.17, 15) is 4.79 Å². The van der Waals surface area contributed by atoms with Gasteiger partial charge in [0.15, 0.2) is 0 Å². The van der Waals surface area contributed by atoms with E-state index in [1.165, 1.54) is 24.4 Å². The Labute approximate surface area is 128 Å². The first-order valence-corrected chi connectivity index (χ1v) is 6.45.